The molecule has 0 saturated carbocycles. The Morgan fingerprint density at radius 1 is 1.43 bits per heavy atom. The highest BCUT2D eigenvalue weighted by atomic mass is 16.4. The molecule has 0 aliphatic heterocycles. The molecule has 0 aliphatic carbocycles. The number of hydrogen-bond acceptors (Lipinski definition) is 3. The third kappa shape index (κ3) is 2.90. The molecule has 1 amide bonds. The molecule has 0 spiro atoms. The van der Waals surface area contributed by atoms with Crippen molar-refractivity contribution in [3.05, 3.63) is 35.9 Å². The second-order valence-electron chi connectivity index (χ2n) is 2.85. The standard InChI is InChI=1S/C10H11NO3/c12-7-11-9(10(13)14)6-8-4-2-1-3-5-8/h1-5,7,9H,6H2,(H,11,12)(H,13,14)/p-1/t9-/m1/s1. The van der Waals surface area contributed by atoms with Gasteiger partial charge in [0.05, 0.1) is 12.0 Å². The van der Waals surface area contributed by atoms with Crippen LogP contribution in [0.2, 0.25) is 0 Å². The van der Waals surface area contributed by atoms with Gasteiger partial charge in [-0.15, -0.1) is 0 Å². The Labute approximate surface area is 81.6 Å². The van der Waals surface area contributed by atoms with E-state index in [1.54, 1.807) is 12.1 Å². The molecule has 4 nitrogen and oxygen atoms in total. The third-order valence-electron chi connectivity index (χ3n) is 1.84. The minimum Gasteiger partial charge on any atom is -0.548 e. The number of carbonyl (C=O) groups is 2. The molecule has 0 aromatic heterocycles. The molecule has 1 atom stereocenters. The maximum Gasteiger partial charge on any atom is 0.207 e. The Balaban J connectivity index is 2.64. The molecule has 0 aliphatic rings. The van der Waals surface area contributed by atoms with Gasteiger partial charge in [-0.1, -0.05) is 30.3 Å². The maximum atomic E-state index is 10.6. The van der Waals surface area contributed by atoms with Crippen LogP contribution in [0, 0.1) is 0 Å². The zero-order valence-electron chi connectivity index (χ0n) is 7.47. The third-order valence-corrected chi connectivity index (χ3v) is 1.84. The number of amides is 1. The van der Waals surface area contributed by atoms with Gasteiger partial charge in [0.25, 0.3) is 0 Å². The molecule has 4 heteroatoms. The van der Waals surface area contributed by atoms with Gasteiger partial charge in [0.15, 0.2) is 0 Å². The van der Waals surface area contributed by atoms with Crippen LogP contribution in [0.1, 0.15) is 5.56 Å². The zero-order chi connectivity index (χ0) is 10.4. The molecule has 0 unspecified atom stereocenters. The van der Waals surface area contributed by atoms with Crippen molar-refractivity contribution in [1.82, 2.24) is 5.32 Å². The van der Waals surface area contributed by atoms with E-state index in [0.29, 0.717) is 6.41 Å². The fourth-order valence-corrected chi connectivity index (χ4v) is 1.14. The topological polar surface area (TPSA) is 69.2 Å². The Morgan fingerprint density at radius 3 is 2.57 bits per heavy atom. The van der Waals surface area contributed by atoms with E-state index in [-0.39, 0.29) is 6.42 Å². The van der Waals surface area contributed by atoms with Crippen molar-refractivity contribution in [2.75, 3.05) is 0 Å². The number of nitrogens with one attached hydrogen (secondary N) is 1. The fraction of sp³-hybridized carbons (Fsp3) is 0.200. The van der Waals surface area contributed by atoms with Crippen molar-refractivity contribution in [2.45, 2.75) is 12.5 Å². The molecule has 0 fully saturated rings. The van der Waals surface area contributed by atoms with Gasteiger partial charge < -0.3 is 15.2 Å². The predicted molar refractivity (Wildman–Crippen MR) is 48.1 cm³/mol. The average molecular weight is 192 g/mol. The number of rotatable bonds is 5. The van der Waals surface area contributed by atoms with Gasteiger partial charge in [0, 0.05) is 0 Å². The highest BCUT2D eigenvalue weighted by Crippen LogP contribution is 2.02. The van der Waals surface area contributed by atoms with E-state index in [4.69, 9.17) is 0 Å². The molecule has 0 radical (unpaired) electrons. The SMILES string of the molecule is O=CN[C@H](Cc1ccccc1)C(=O)[O-]. The lowest BCUT2D eigenvalue weighted by atomic mass is 10.1. The summed E-state index contributed by atoms with van der Waals surface area (Å²) in [5, 5.41) is 12.7. The van der Waals surface area contributed by atoms with E-state index in [9.17, 15) is 14.7 Å². The van der Waals surface area contributed by atoms with Gasteiger partial charge in [-0.25, -0.2) is 0 Å². The van der Waals surface area contributed by atoms with Crippen LogP contribution in [0.15, 0.2) is 30.3 Å². The smallest absolute Gasteiger partial charge is 0.207 e. The first-order valence-electron chi connectivity index (χ1n) is 4.18. The summed E-state index contributed by atoms with van der Waals surface area (Å²) in [5.74, 6) is -1.28. The van der Waals surface area contributed by atoms with Crippen molar-refractivity contribution in [2.24, 2.45) is 0 Å². The summed E-state index contributed by atoms with van der Waals surface area (Å²) < 4.78 is 0. The van der Waals surface area contributed by atoms with Crippen molar-refractivity contribution >= 4 is 12.4 Å². The lowest BCUT2D eigenvalue weighted by Gasteiger charge is -2.16. The quantitative estimate of drug-likeness (QED) is 0.614. The molecule has 0 saturated heterocycles. The number of carbonyl (C=O) groups excluding carboxylic acids is 2. The van der Waals surface area contributed by atoms with E-state index in [1.807, 2.05) is 18.2 Å². The van der Waals surface area contributed by atoms with Gasteiger partial charge in [0.1, 0.15) is 0 Å². The Kier molecular flexibility index (Phi) is 3.67. The molecule has 0 heterocycles. The molecule has 1 rings (SSSR count). The van der Waals surface area contributed by atoms with Gasteiger partial charge in [0.2, 0.25) is 6.41 Å². The molecule has 74 valence electrons. The normalized spacial score (nSPS) is 11.7. The van der Waals surface area contributed by atoms with Gasteiger partial charge in [-0.2, -0.15) is 0 Å². The highest BCUT2D eigenvalue weighted by molar-refractivity contribution is 5.74. The number of benzene rings is 1. The Hall–Kier alpha value is -1.84. The average Bonchev–Trinajstić information content (AvgIpc) is 2.18. The van der Waals surface area contributed by atoms with Gasteiger partial charge in [-0.3, -0.25) is 4.79 Å². The van der Waals surface area contributed by atoms with Crippen LogP contribution < -0.4 is 10.4 Å². The summed E-state index contributed by atoms with van der Waals surface area (Å²) in [7, 11) is 0. The van der Waals surface area contributed by atoms with Crippen LogP contribution in [0.5, 0.6) is 0 Å². The number of aliphatic carboxylic acids is 1. The lowest BCUT2D eigenvalue weighted by molar-refractivity contribution is -0.308. The van der Waals surface area contributed by atoms with Crippen molar-refractivity contribution in [1.29, 1.82) is 0 Å². The van der Waals surface area contributed by atoms with Crippen LogP contribution in [-0.4, -0.2) is 18.4 Å². The van der Waals surface area contributed by atoms with Crippen LogP contribution in [-0.2, 0) is 16.0 Å². The number of carboxylic acids is 1. The van der Waals surface area contributed by atoms with Crippen LogP contribution in [0.3, 0.4) is 0 Å². The molecule has 14 heavy (non-hydrogen) atoms. The molecule has 1 aromatic rings. The maximum absolute atomic E-state index is 10.6. The fourth-order valence-electron chi connectivity index (χ4n) is 1.14. The first kappa shape index (κ1) is 10.2. The molecule has 0 bridgehead atoms. The lowest BCUT2D eigenvalue weighted by Crippen LogP contribution is -2.46. The Morgan fingerprint density at radius 2 is 2.07 bits per heavy atom. The first-order valence-corrected chi connectivity index (χ1v) is 4.18. The highest BCUT2D eigenvalue weighted by Gasteiger charge is 2.08. The largest absolute Gasteiger partial charge is 0.548 e. The van der Waals surface area contributed by atoms with Crippen LogP contribution >= 0.6 is 0 Å². The van der Waals surface area contributed by atoms with E-state index >= 15 is 0 Å². The van der Waals surface area contributed by atoms with Crippen molar-refractivity contribution < 1.29 is 14.7 Å². The summed E-state index contributed by atoms with van der Waals surface area (Å²) in [6.07, 6.45) is 0.603. The van der Waals surface area contributed by atoms with Crippen LogP contribution in [0.25, 0.3) is 0 Å². The van der Waals surface area contributed by atoms with E-state index < -0.39 is 12.0 Å². The van der Waals surface area contributed by atoms with E-state index in [0.717, 1.165) is 5.56 Å². The van der Waals surface area contributed by atoms with Crippen LogP contribution in [0.4, 0.5) is 0 Å². The van der Waals surface area contributed by atoms with Gasteiger partial charge >= 0.3 is 0 Å². The molecule has 1 aromatic carbocycles. The number of hydrogen-bond donors (Lipinski definition) is 1. The Bertz CT molecular complexity index is 310. The first-order chi connectivity index (χ1) is 6.74. The number of carboxylic acid groups (broad SMARTS) is 1. The molecule has 1 N–H and O–H groups in total. The second kappa shape index (κ2) is 5.01. The monoisotopic (exact) mass is 192 g/mol. The van der Waals surface area contributed by atoms with Crippen molar-refractivity contribution in [3.63, 3.8) is 0 Å². The van der Waals surface area contributed by atoms with Crippen molar-refractivity contribution in [3.8, 4) is 0 Å². The predicted octanol–water partition coefficient (Wildman–Crippen LogP) is -0.906. The minimum absolute atomic E-state index is 0.238. The second-order valence-corrected chi connectivity index (χ2v) is 2.85. The van der Waals surface area contributed by atoms with Gasteiger partial charge in [-0.05, 0) is 12.0 Å². The summed E-state index contributed by atoms with van der Waals surface area (Å²) in [6.45, 7) is 0. The summed E-state index contributed by atoms with van der Waals surface area (Å²) in [5.41, 5.74) is 0.844. The minimum atomic E-state index is -1.28. The summed E-state index contributed by atoms with van der Waals surface area (Å²) in [6, 6.07) is 8.08. The van der Waals surface area contributed by atoms with E-state index in [1.165, 1.54) is 0 Å². The molecular weight excluding hydrogens is 182 g/mol. The zero-order valence-corrected chi connectivity index (χ0v) is 7.47. The van der Waals surface area contributed by atoms with E-state index in [2.05, 4.69) is 5.32 Å². The molecular formula is C10H10NO3-. The summed E-state index contributed by atoms with van der Waals surface area (Å²) in [4.78, 5) is 20.7. The summed E-state index contributed by atoms with van der Waals surface area (Å²) >= 11 is 0.